The lowest BCUT2D eigenvalue weighted by atomic mass is 10.0. The van der Waals surface area contributed by atoms with Crippen LogP contribution in [-0.4, -0.2) is 36.1 Å². The summed E-state index contributed by atoms with van der Waals surface area (Å²) in [4.78, 5) is 13.9. The monoisotopic (exact) mass is 302 g/mol. The predicted molar refractivity (Wildman–Crippen MR) is 84.1 cm³/mol. The molecule has 0 radical (unpaired) electrons. The van der Waals surface area contributed by atoms with E-state index in [1.165, 1.54) is 6.26 Å². The number of nitrogens with one attached hydrogen (secondary N) is 1. The van der Waals surface area contributed by atoms with E-state index in [4.69, 9.17) is 4.42 Å². The van der Waals surface area contributed by atoms with E-state index in [1.807, 2.05) is 42.3 Å². The van der Waals surface area contributed by atoms with Crippen LogP contribution in [0.2, 0.25) is 0 Å². The van der Waals surface area contributed by atoms with Gasteiger partial charge >= 0.3 is 0 Å². The highest BCUT2D eigenvalue weighted by Gasteiger charge is 2.26. The molecule has 2 aromatic rings. The first-order valence-corrected chi connectivity index (χ1v) is 7.23. The lowest BCUT2D eigenvalue weighted by Crippen LogP contribution is -2.42. The van der Waals surface area contributed by atoms with Crippen LogP contribution < -0.4 is 5.32 Å². The Morgan fingerprint density at radius 3 is 2.64 bits per heavy atom. The van der Waals surface area contributed by atoms with E-state index in [9.17, 15) is 9.90 Å². The van der Waals surface area contributed by atoms with Gasteiger partial charge in [0.25, 0.3) is 0 Å². The maximum Gasteiger partial charge on any atom is 0.234 e. The summed E-state index contributed by atoms with van der Waals surface area (Å²) < 4.78 is 5.18. The molecule has 0 spiro atoms. The molecule has 0 fully saturated rings. The molecule has 0 saturated heterocycles. The molecule has 1 aromatic carbocycles. The molecule has 1 amide bonds. The number of hydrogen-bond acceptors (Lipinski definition) is 4. The third kappa shape index (κ3) is 4.72. The zero-order valence-electron chi connectivity index (χ0n) is 13.0. The van der Waals surface area contributed by atoms with Gasteiger partial charge in [0.2, 0.25) is 5.91 Å². The fourth-order valence-corrected chi connectivity index (χ4v) is 2.19. The number of nitrogens with zero attached hydrogens (tertiary/aromatic N) is 1. The van der Waals surface area contributed by atoms with E-state index in [1.54, 1.807) is 19.1 Å². The van der Waals surface area contributed by atoms with Crippen molar-refractivity contribution < 1.29 is 14.3 Å². The molecule has 2 rings (SSSR count). The number of furan rings is 1. The second kappa shape index (κ2) is 7.24. The largest absolute Gasteiger partial charge is 0.466 e. The number of carbonyl (C=O) groups excluding carboxylic acids is 1. The molecular weight excluding hydrogens is 280 g/mol. The highest BCUT2D eigenvalue weighted by atomic mass is 16.4. The molecule has 1 aromatic heterocycles. The Bertz CT molecular complexity index is 579. The fraction of sp³-hybridized carbons (Fsp3) is 0.353. The Balaban J connectivity index is 1.78. The van der Waals surface area contributed by atoms with Crippen molar-refractivity contribution in [2.24, 2.45) is 0 Å². The molecule has 22 heavy (non-hydrogen) atoms. The number of hydrogen-bond donors (Lipinski definition) is 2. The van der Waals surface area contributed by atoms with Crippen LogP contribution in [0, 0.1) is 0 Å². The van der Waals surface area contributed by atoms with Crippen LogP contribution in [0.1, 0.15) is 18.2 Å². The first kappa shape index (κ1) is 16.3. The first-order chi connectivity index (χ1) is 10.5. The van der Waals surface area contributed by atoms with Gasteiger partial charge < -0.3 is 14.8 Å². The summed E-state index contributed by atoms with van der Waals surface area (Å²) in [6, 6.07) is 13.4. The maximum absolute atomic E-state index is 12.0. The normalized spacial score (nSPS) is 13.8. The van der Waals surface area contributed by atoms with Crippen molar-refractivity contribution in [1.29, 1.82) is 0 Å². The Labute approximate surface area is 130 Å². The lowest BCUT2D eigenvalue weighted by molar-refractivity contribution is -0.123. The van der Waals surface area contributed by atoms with Gasteiger partial charge in [-0.3, -0.25) is 9.69 Å². The summed E-state index contributed by atoms with van der Waals surface area (Å²) in [6.45, 7) is 2.68. The second-order valence-corrected chi connectivity index (χ2v) is 5.69. The summed E-state index contributed by atoms with van der Waals surface area (Å²) in [6.07, 6.45) is 1.50. The Morgan fingerprint density at radius 1 is 1.27 bits per heavy atom. The highest BCUT2D eigenvalue weighted by Crippen LogP contribution is 2.19. The molecule has 0 saturated carbocycles. The van der Waals surface area contributed by atoms with Crippen LogP contribution in [0.15, 0.2) is 53.1 Å². The molecule has 0 aliphatic carbocycles. The Morgan fingerprint density at radius 2 is 2.00 bits per heavy atom. The van der Waals surface area contributed by atoms with Crippen LogP contribution >= 0.6 is 0 Å². The topological polar surface area (TPSA) is 65.7 Å². The third-order valence-corrected chi connectivity index (χ3v) is 3.39. The van der Waals surface area contributed by atoms with Crippen molar-refractivity contribution in [3.8, 4) is 0 Å². The zero-order valence-corrected chi connectivity index (χ0v) is 13.0. The minimum absolute atomic E-state index is 0.110. The predicted octanol–water partition coefficient (Wildman–Crippen LogP) is 1.74. The quantitative estimate of drug-likeness (QED) is 0.817. The number of likely N-dealkylation sites (N-methyl/N-ethyl adjacent to an activating group) is 1. The van der Waals surface area contributed by atoms with Crippen molar-refractivity contribution >= 4 is 5.91 Å². The standard InChI is InChI=1S/C17H22N2O3/c1-17(21,15-9-6-10-22-15)13-18-16(20)12-19(2)11-14-7-4-3-5-8-14/h3-10,21H,11-13H2,1-2H3,(H,18,20). The van der Waals surface area contributed by atoms with Gasteiger partial charge in [0.1, 0.15) is 11.4 Å². The molecular formula is C17H22N2O3. The van der Waals surface area contributed by atoms with E-state index in [2.05, 4.69) is 5.32 Å². The molecule has 118 valence electrons. The fourth-order valence-electron chi connectivity index (χ4n) is 2.19. The molecule has 1 heterocycles. The average molecular weight is 302 g/mol. The van der Waals surface area contributed by atoms with Gasteiger partial charge in [0, 0.05) is 6.54 Å². The summed E-state index contributed by atoms with van der Waals surface area (Å²) in [5.41, 5.74) is -0.0580. The molecule has 0 aliphatic rings. The Kier molecular flexibility index (Phi) is 5.35. The molecule has 0 bridgehead atoms. The van der Waals surface area contributed by atoms with E-state index >= 15 is 0 Å². The van der Waals surface area contributed by atoms with E-state index in [0.717, 1.165) is 5.56 Å². The van der Waals surface area contributed by atoms with Gasteiger partial charge in [-0.05, 0) is 31.7 Å². The summed E-state index contributed by atoms with van der Waals surface area (Å²) in [5, 5.41) is 13.0. The van der Waals surface area contributed by atoms with Crippen molar-refractivity contribution in [2.75, 3.05) is 20.1 Å². The van der Waals surface area contributed by atoms with Crippen LogP contribution in [0.3, 0.4) is 0 Å². The second-order valence-electron chi connectivity index (χ2n) is 5.69. The van der Waals surface area contributed by atoms with Gasteiger partial charge in [-0.15, -0.1) is 0 Å². The van der Waals surface area contributed by atoms with Gasteiger partial charge in [-0.1, -0.05) is 30.3 Å². The van der Waals surface area contributed by atoms with Crippen LogP contribution in [0.25, 0.3) is 0 Å². The number of amides is 1. The van der Waals surface area contributed by atoms with Gasteiger partial charge in [0.05, 0.1) is 19.4 Å². The lowest BCUT2D eigenvalue weighted by Gasteiger charge is -2.22. The molecule has 5 heteroatoms. The van der Waals surface area contributed by atoms with Crippen LogP contribution in [-0.2, 0) is 16.9 Å². The van der Waals surface area contributed by atoms with Gasteiger partial charge in [-0.25, -0.2) is 0 Å². The van der Waals surface area contributed by atoms with Crippen LogP contribution in [0.5, 0.6) is 0 Å². The van der Waals surface area contributed by atoms with Crippen molar-refractivity contribution in [2.45, 2.75) is 19.1 Å². The number of rotatable bonds is 7. The maximum atomic E-state index is 12.0. The molecule has 1 atom stereocenters. The smallest absolute Gasteiger partial charge is 0.234 e. The van der Waals surface area contributed by atoms with Gasteiger partial charge in [-0.2, -0.15) is 0 Å². The minimum Gasteiger partial charge on any atom is -0.466 e. The zero-order chi connectivity index (χ0) is 16.0. The van der Waals surface area contributed by atoms with E-state index < -0.39 is 5.60 Å². The average Bonchev–Trinajstić information content (AvgIpc) is 3.01. The van der Waals surface area contributed by atoms with E-state index in [-0.39, 0.29) is 19.0 Å². The number of aliphatic hydroxyl groups is 1. The molecule has 2 N–H and O–H groups in total. The summed E-state index contributed by atoms with van der Waals surface area (Å²) >= 11 is 0. The first-order valence-electron chi connectivity index (χ1n) is 7.23. The minimum atomic E-state index is -1.21. The molecule has 5 nitrogen and oxygen atoms in total. The van der Waals surface area contributed by atoms with Crippen molar-refractivity contribution in [3.05, 3.63) is 60.1 Å². The van der Waals surface area contributed by atoms with Crippen LogP contribution in [0.4, 0.5) is 0 Å². The number of carbonyl (C=O) groups is 1. The molecule has 0 aliphatic heterocycles. The third-order valence-electron chi connectivity index (χ3n) is 3.39. The highest BCUT2D eigenvalue weighted by molar-refractivity contribution is 5.78. The number of benzene rings is 1. The Hall–Kier alpha value is -2.11. The molecule has 1 unspecified atom stereocenters. The summed E-state index contributed by atoms with van der Waals surface area (Å²) in [5.74, 6) is 0.302. The van der Waals surface area contributed by atoms with Gasteiger partial charge in [0.15, 0.2) is 0 Å². The van der Waals surface area contributed by atoms with Crippen molar-refractivity contribution in [1.82, 2.24) is 10.2 Å². The van der Waals surface area contributed by atoms with Crippen molar-refractivity contribution in [3.63, 3.8) is 0 Å². The van der Waals surface area contributed by atoms with E-state index in [0.29, 0.717) is 12.3 Å². The SMILES string of the molecule is CN(CC(=O)NCC(C)(O)c1ccco1)Cc1ccccc1. The summed E-state index contributed by atoms with van der Waals surface area (Å²) in [7, 11) is 1.89.